The number of amides is 3. The van der Waals surface area contributed by atoms with E-state index in [0.29, 0.717) is 36.9 Å². The van der Waals surface area contributed by atoms with Gasteiger partial charge < -0.3 is 24.6 Å². The van der Waals surface area contributed by atoms with Crippen molar-refractivity contribution in [1.82, 2.24) is 9.80 Å². The number of urea groups is 1. The standard InChI is InChI=1S/C29H35N3O4S/c1-20(2)17-31(29(34)30-22-10-8-21(3)9-11-22)18-28(33)32-14-12-27-25(13-15-37-27)26(32)19-36-24-7-5-6-23(16-24)35-4/h5-11,13,15-16,20,26H,12,14,17-19H2,1-4H3,(H,30,34). The summed E-state index contributed by atoms with van der Waals surface area (Å²) in [6, 6.07) is 16.7. The number of rotatable bonds is 9. The zero-order valence-electron chi connectivity index (χ0n) is 21.9. The summed E-state index contributed by atoms with van der Waals surface area (Å²) < 4.78 is 11.4. The highest BCUT2D eigenvalue weighted by atomic mass is 32.1. The molecule has 2 aromatic carbocycles. The van der Waals surface area contributed by atoms with Gasteiger partial charge in [-0.2, -0.15) is 0 Å². The van der Waals surface area contributed by atoms with Crippen LogP contribution in [0.4, 0.5) is 10.5 Å². The van der Waals surface area contributed by atoms with Crippen LogP contribution in [0.5, 0.6) is 11.5 Å². The SMILES string of the molecule is COc1cccc(OCC2c3ccsc3CCN2C(=O)CN(CC(C)C)C(=O)Nc2ccc(C)cc2)c1. The molecular weight excluding hydrogens is 486 g/mol. The topological polar surface area (TPSA) is 71.1 Å². The number of methoxy groups -OCH3 is 1. The van der Waals surface area contributed by atoms with E-state index >= 15 is 0 Å². The Hall–Kier alpha value is -3.52. The number of aryl methyl sites for hydroxylation is 1. The minimum absolute atomic E-state index is 0.00497. The van der Waals surface area contributed by atoms with Gasteiger partial charge in [0.25, 0.3) is 0 Å². The van der Waals surface area contributed by atoms with E-state index in [2.05, 4.69) is 16.8 Å². The Morgan fingerprint density at radius 2 is 1.89 bits per heavy atom. The summed E-state index contributed by atoms with van der Waals surface area (Å²) in [5.41, 5.74) is 2.95. The van der Waals surface area contributed by atoms with Crippen molar-refractivity contribution in [3.63, 3.8) is 0 Å². The highest BCUT2D eigenvalue weighted by Gasteiger charge is 2.33. The third kappa shape index (κ3) is 6.83. The van der Waals surface area contributed by atoms with E-state index in [9.17, 15) is 9.59 Å². The third-order valence-electron chi connectivity index (χ3n) is 6.37. The van der Waals surface area contributed by atoms with Crippen molar-refractivity contribution < 1.29 is 19.1 Å². The summed E-state index contributed by atoms with van der Waals surface area (Å²) in [6.07, 6.45) is 0.800. The van der Waals surface area contributed by atoms with Crippen molar-refractivity contribution in [2.24, 2.45) is 5.92 Å². The van der Waals surface area contributed by atoms with Gasteiger partial charge in [-0.3, -0.25) is 4.79 Å². The monoisotopic (exact) mass is 521 g/mol. The smallest absolute Gasteiger partial charge is 0.322 e. The number of carbonyl (C=O) groups is 2. The maximum atomic E-state index is 13.7. The largest absolute Gasteiger partial charge is 0.497 e. The zero-order valence-corrected chi connectivity index (χ0v) is 22.7. The van der Waals surface area contributed by atoms with Crippen molar-refractivity contribution in [3.05, 3.63) is 76.0 Å². The minimum Gasteiger partial charge on any atom is -0.497 e. The third-order valence-corrected chi connectivity index (χ3v) is 7.36. The molecule has 1 atom stereocenters. The number of hydrogen-bond acceptors (Lipinski definition) is 5. The van der Waals surface area contributed by atoms with E-state index in [4.69, 9.17) is 9.47 Å². The lowest BCUT2D eigenvalue weighted by Crippen LogP contribution is -2.49. The van der Waals surface area contributed by atoms with Gasteiger partial charge in [0.15, 0.2) is 0 Å². The minimum atomic E-state index is -0.275. The van der Waals surface area contributed by atoms with Crippen molar-refractivity contribution in [2.45, 2.75) is 33.2 Å². The number of carbonyl (C=O) groups excluding carboxylic acids is 2. The van der Waals surface area contributed by atoms with E-state index < -0.39 is 0 Å². The Balaban J connectivity index is 1.49. The number of nitrogens with zero attached hydrogens (tertiary/aromatic N) is 2. The van der Waals surface area contributed by atoms with Crippen LogP contribution in [0.25, 0.3) is 0 Å². The molecule has 1 aliphatic rings. The molecule has 2 heterocycles. The number of nitrogens with one attached hydrogen (secondary N) is 1. The molecule has 3 amide bonds. The van der Waals surface area contributed by atoms with Crippen molar-refractivity contribution >= 4 is 29.0 Å². The molecule has 0 bridgehead atoms. The first-order valence-corrected chi connectivity index (χ1v) is 13.5. The fourth-order valence-corrected chi connectivity index (χ4v) is 5.42. The normalized spacial score (nSPS) is 14.7. The fraction of sp³-hybridized carbons (Fsp3) is 0.379. The van der Waals surface area contributed by atoms with Gasteiger partial charge in [-0.15, -0.1) is 11.3 Å². The number of thiophene rings is 1. The summed E-state index contributed by atoms with van der Waals surface area (Å²) in [5, 5.41) is 5.01. The number of benzene rings is 2. The molecule has 1 aliphatic heterocycles. The predicted molar refractivity (Wildman–Crippen MR) is 148 cm³/mol. The molecule has 7 nitrogen and oxygen atoms in total. The van der Waals surface area contributed by atoms with Gasteiger partial charge in [0.2, 0.25) is 5.91 Å². The lowest BCUT2D eigenvalue weighted by molar-refractivity contribution is -0.135. The second-order valence-corrected chi connectivity index (χ2v) is 10.7. The predicted octanol–water partition coefficient (Wildman–Crippen LogP) is 5.76. The Kier molecular flexibility index (Phi) is 8.71. The second kappa shape index (κ2) is 12.1. The average molecular weight is 522 g/mol. The fourth-order valence-electron chi connectivity index (χ4n) is 4.49. The molecule has 1 N–H and O–H groups in total. The number of ether oxygens (including phenoxy) is 2. The van der Waals surface area contributed by atoms with Crippen LogP contribution in [-0.2, 0) is 11.2 Å². The maximum Gasteiger partial charge on any atom is 0.322 e. The molecular formula is C29H35N3O4S. The van der Waals surface area contributed by atoms with Crippen molar-refractivity contribution in [2.75, 3.05) is 38.7 Å². The van der Waals surface area contributed by atoms with Gasteiger partial charge in [-0.25, -0.2) is 4.79 Å². The van der Waals surface area contributed by atoms with Crippen LogP contribution in [0.3, 0.4) is 0 Å². The summed E-state index contributed by atoms with van der Waals surface area (Å²) in [5.74, 6) is 1.53. The molecule has 0 saturated heterocycles. The van der Waals surface area contributed by atoms with E-state index in [-0.39, 0.29) is 30.4 Å². The van der Waals surface area contributed by atoms with Crippen molar-refractivity contribution in [3.8, 4) is 11.5 Å². The first-order valence-electron chi connectivity index (χ1n) is 12.6. The summed E-state index contributed by atoms with van der Waals surface area (Å²) in [6.45, 7) is 7.48. The van der Waals surface area contributed by atoms with Gasteiger partial charge in [0.05, 0.1) is 13.2 Å². The van der Waals surface area contributed by atoms with E-state index in [1.807, 2.05) is 74.2 Å². The molecule has 8 heteroatoms. The number of anilines is 1. The Labute approximate surface area is 223 Å². The van der Waals surface area contributed by atoms with Crippen LogP contribution >= 0.6 is 11.3 Å². The van der Waals surface area contributed by atoms with Crippen molar-refractivity contribution in [1.29, 1.82) is 0 Å². The number of hydrogen-bond donors (Lipinski definition) is 1. The Bertz CT molecular complexity index is 1210. The van der Waals surface area contributed by atoms with Gasteiger partial charge in [-0.05, 0) is 60.5 Å². The van der Waals surface area contributed by atoms with E-state index in [0.717, 1.165) is 17.5 Å². The summed E-state index contributed by atoms with van der Waals surface area (Å²) in [4.78, 5) is 31.6. The lowest BCUT2D eigenvalue weighted by Gasteiger charge is -2.37. The molecule has 1 unspecified atom stereocenters. The van der Waals surface area contributed by atoms with Gasteiger partial charge in [-0.1, -0.05) is 37.6 Å². The molecule has 1 aromatic heterocycles. The Morgan fingerprint density at radius 1 is 1.14 bits per heavy atom. The van der Waals surface area contributed by atoms with Crippen LogP contribution in [0.1, 0.15) is 35.9 Å². The van der Waals surface area contributed by atoms with Crippen LogP contribution in [-0.4, -0.2) is 55.1 Å². The molecule has 0 saturated carbocycles. The highest BCUT2D eigenvalue weighted by Crippen LogP contribution is 2.34. The lowest BCUT2D eigenvalue weighted by atomic mass is 10.0. The maximum absolute atomic E-state index is 13.7. The zero-order chi connectivity index (χ0) is 26.4. The van der Waals surface area contributed by atoms with Crippen LogP contribution < -0.4 is 14.8 Å². The highest BCUT2D eigenvalue weighted by molar-refractivity contribution is 7.10. The van der Waals surface area contributed by atoms with Gasteiger partial charge in [0.1, 0.15) is 24.7 Å². The molecule has 37 heavy (non-hydrogen) atoms. The van der Waals surface area contributed by atoms with E-state index in [1.165, 1.54) is 4.88 Å². The van der Waals surface area contributed by atoms with Crippen LogP contribution in [0, 0.1) is 12.8 Å². The molecule has 0 spiro atoms. The second-order valence-electron chi connectivity index (χ2n) is 9.71. The molecule has 0 radical (unpaired) electrons. The number of fused-ring (bicyclic) bond motifs is 1. The first kappa shape index (κ1) is 26.5. The average Bonchev–Trinajstić information content (AvgIpc) is 3.37. The quantitative estimate of drug-likeness (QED) is 0.389. The molecule has 3 aromatic rings. The Morgan fingerprint density at radius 3 is 2.62 bits per heavy atom. The summed E-state index contributed by atoms with van der Waals surface area (Å²) in [7, 11) is 1.62. The molecule has 0 aliphatic carbocycles. The van der Waals surface area contributed by atoms with E-state index in [1.54, 1.807) is 23.3 Å². The molecule has 4 rings (SSSR count). The molecule has 196 valence electrons. The first-order chi connectivity index (χ1) is 17.8. The molecule has 0 fully saturated rings. The van der Waals surface area contributed by atoms with Gasteiger partial charge >= 0.3 is 6.03 Å². The van der Waals surface area contributed by atoms with Crippen LogP contribution in [0.15, 0.2) is 60.0 Å². The summed E-state index contributed by atoms with van der Waals surface area (Å²) >= 11 is 1.71. The van der Waals surface area contributed by atoms with Crippen LogP contribution in [0.2, 0.25) is 0 Å². The van der Waals surface area contributed by atoms with Gasteiger partial charge in [0, 0.05) is 29.7 Å².